The van der Waals surface area contributed by atoms with Crippen molar-refractivity contribution in [2.75, 3.05) is 26.9 Å². The number of aliphatic imine (C=N–C) groups is 1. The van der Waals surface area contributed by atoms with E-state index in [1.54, 1.807) is 19.0 Å². The molecule has 0 unspecified atom stereocenters. The van der Waals surface area contributed by atoms with Gasteiger partial charge in [-0.15, -0.1) is 0 Å². The van der Waals surface area contributed by atoms with E-state index in [0.717, 1.165) is 11.8 Å². The molecule has 0 heterocycles. The molecule has 0 radical (unpaired) electrons. The quantitative estimate of drug-likeness (QED) is 0.453. The highest BCUT2D eigenvalue weighted by Gasteiger charge is 2.12. The summed E-state index contributed by atoms with van der Waals surface area (Å²) in [4.78, 5) is 18.1. The van der Waals surface area contributed by atoms with Gasteiger partial charge < -0.3 is 15.5 Å². The number of guanidine groups is 1. The summed E-state index contributed by atoms with van der Waals surface area (Å²) in [6, 6.07) is 13.8. The molecule has 2 aromatic rings. The van der Waals surface area contributed by atoms with Crippen molar-refractivity contribution in [1.82, 2.24) is 15.5 Å². The van der Waals surface area contributed by atoms with Gasteiger partial charge in [-0.2, -0.15) is 0 Å². The Balaban J connectivity index is 1.85. The minimum Gasteiger partial charge on any atom is -0.356 e. The number of sulfone groups is 1. The Morgan fingerprint density at radius 3 is 2.45 bits per heavy atom. The first-order valence-electron chi connectivity index (χ1n) is 9.85. The summed E-state index contributed by atoms with van der Waals surface area (Å²) in [7, 11) is 0.0951. The van der Waals surface area contributed by atoms with E-state index in [4.69, 9.17) is 0 Å². The van der Waals surface area contributed by atoms with E-state index in [1.807, 2.05) is 30.3 Å². The zero-order valence-corrected chi connectivity index (χ0v) is 18.9. The van der Waals surface area contributed by atoms with Crippen LogP contribution in [0.1, 0.15) is 23.1 Å². The molecule has 0 aliphatic heterocycles. The van der Waals surface area contributed by atoms with Crippen LogP contribution in [0, 0.1) is 5.82 Å². The summed E-state index contributed by atoms with van der Waals surface area (Å²) in [5.41, 5.74) is 2.13. The molecule has 168 valence electrons. The summed E-state index contributed by atoms with van der Waals surface area (Å²) in [5.74, 6) is -0.178. The van der Waals surface area contributed by atoms with Crippen LogP contribution in [-0.2, 0) is 33.5 Å². The third-order valence-electron chi connectivity index (χ3n) is 4.58. The zero-order chi connectivity index (χ0) is 22.9. The van der Waals surface area contributed by atoms with Gasteiger partial charge in [0.2, 0.25) is 5.91 Å². The molecule has 0 saturated heterocycles. The fraction of sp³-hybridized carbons (Fsp3) is 0.364. The molecule has 0 fully saturated rings. The van der Waals surface area contributed by atoms with Crippen molar-refractivity contribution in [3.8, 4) is 0 Å². The van der Waals surface area contributed by atoms with E-state index in [9.17, 15) is 17.6 Å². The molecule has 7 nitrogen and oxygen atoms in total. The number of nitrogens with one attached hydrogen (secondary N) is 2. The Hall–Kier alpha value is -2.94. The van der Waals surface area contributed by atoms with Gasteiger partial charge in [-0.25, -0.2) is 12.8 Å². The van der Waals surface area contributed by atoms with Gasteiger partial charge in [0.15, 0.2) is 15.8 Å². The maximum Gasteiger partial charge on any atom is 0.224 e. The van der Waals surface area contributed by atoms with Crippen molar-refractivity contribution < 1.29 is 17.6 Å². The Bertz CT molecular complexity index is 1010. The van der Waals surface area contributed by atoms with Crippen LogP contribution in [-0.4, -0.2) is 52.1 Å². The molecule has 0 bridgehead atoms. The van der Waals surface area contributed by atoms with Crippen molar-refractivity contribution in [1.29, 1.82) is 0 Å². The summed E-state index contributed by atoms with van der Waals surface area (Å²) >= 11 is 0. The first-order chi connectivity index (χ1) is 14.7. The fourth-order valence-electron chi connectivity index (χ4n) is 3.01. The number of carbonyl (C=O) groups is 1. The molecule has 0 saturated carbocycles. The number of nitrogens with zero attached hydrogens (tertiary/aromatic N) is 2. The Morgan fingerprint density at radius 1 is 1.10 bits per heavy atom. The normalized spacial score (nSPS) is 11.8. The second kappa shape index (κ2) is 11.5. The SMILES string of the molecule is CN=C(NCCC(=O)N(C)Cc1ccccc1)NCc1cc(F)ccc1CS(C)(=O)=O. The minimum atomic E-state index is -3.25. The highest BCUT2D eigenvalue weighted by atomic mass is 32.2. The smallest absolute Gasteiger partial charge is 0.224 e. The monoisotopic (exact) mass is 448 g/mol. The van der Waals surface area contributed by atoms with Gasteiger partial charge in [0, 0.05) is 46.4 Å². The Labute approximate surface area is 183 Å². The molecule has 2 N–H and O–H groups in total. The lowest BCUT2D eigenvalue weighted by atomic mass is 10.1. The van der Waals surface area contributed by atoms with Crippen molar-refractivity contribution in [3.05, 3.63) is 71.0 Å². The van der Waals surface area contributed by atoms with Crippen molar-refractivity contribution in [3.63, 3.8) is 0 Å². The first-order valence-corrected chi connectivity index (χ1v) is 11.9. The van der Waals surface area contributed by atoms with E-state index in [2.05, 4.69) is 15.6 Å². The first kappa shape index (κ1) is 24.3. The maximum atomic E-state index is 13.6. The molecule has 0 aliphatic carbocycles. The van der Waals surface area contributed by atoms with Crippen LogP contribution in [0.5, 0.6) is 0 Å². The van der Waals surface area contributed by atoms with Gasteiger partial charge >= 0.3 is 0 Å². The lowest BCUT2D eigenvalue weighted by molar-refractivity contribution is -0.130. The standard InChI is InChI=1S/C22H29FN4O3S/c1-24-22(25-12-11-21(28)27(2)15-17-7-5-4-6-8-17)26-14-19-13-20(23)10-9-18(19)16-31(3,29)30/h4-10,13H,11-12,14-16H2,1-3H3,(H2,24,25,26). The molecule has 31 heavy (non-hydrogen) atoms. The molecule has 0 spiro atoms. The van der Waals surface area contributed by atoms with E-state index >= 15 is 0 Å². The number of amides is 1. The van der Waals surface area contributed by atoms with Gasteiger partial charge in [-0.1, -0.05) is 36.4 Å². The van der Waals surface area contributed by atoms with Gasteiger partial charge in [0.1, 0.15) is 5.82 Å². The van der Waals surface area contributed by atoms with Crippen LogP contribution in [0.2, 0.25) is 0 Å². The van der Waals surface area contributed by atoms with E-state index in [1.165, 1.54) is 18.2 Å². The van der Waals surface area contributed by atoms with Crippen molar-refractivity contribution >= 4 is 21.7 Å². The molecule has 2 rings (SSSR count). The van der Waals surface area contributed by atoms with Crippen molar-refractivity contribution in [2.45, 2.75) is 25.3 Å². The average molecular weight is 449 g/mol. The largest absolute Gasteiger partial charge is 0.356 e. The van der Waals surface area contributed by atoms with E-state index in [0.29, 0.717) is 30.2 Å². The number of hydrogen-bond donors (Lipinski definition) is 2. The van der Waals surface area contributed by atoms with Gasteiger partial charge in [0.25, 0.3) is 0 Å². The minimum absolute atomic E-state index is 0.00706. The number of hydrogen-bond acceptors (Lipinski definition) is 4. The molecule has 0 aromatic heterocycles. The van der Waals surface area contributed by atoms with Crippen LogP contribution in [0.25, 0.3) is 0 Å². The molecule has 2 aromatic carbocycles. The van der Waals surface area contributed by atoms with E-state index in [-0.39, 0.29) is 24.6 Å². The molecule has 1 amide bonds. The Kier molecular flexibility index (Phi) is 8.99. The highest BCUT2D eigenvalue weighted by molar-refractivity contribution is 7.89. The third kappa shape index (κ3) is 8.75. The molecular weight excluding hydrogens is 419 g/mol. The molecule has 0 aliphatic rings. The van der Waals surface area contributed by atoms with Gasteiger partial charge in [0.05, 0.1) is 5.75 Å². The summed E-state index contributed by atoms with van der Waals surface area (Å²) in [6.07, 6.45) is 1.42. The van der Waals surface area contributed by atoms with Crippen LogP contribution in [0.15, 0.2) is 53.5 Å². The number of benzene rings is 2. The van der Waals surface area contributed by atoms with Gasteiger partial charge in [-0.3, -0.25) is 9.79 Å². The van der Waals surface area contributed by atoms with Crippen LogP contribution < -0.4 is 10.6 Å². The van der Waals surface area contributed by atoms with Crippen LogP contribution in [0.3, 0.4) is 0 Å². The van der Waals surface area contributed by atoms with Crippen molar-refractivity contribution in [2.24, 2.45) is 4.99 Å². The zero-order valence-electron chi connectivity index (χ0n) is 18.1. The Morgan fingerprint density at radius 2 is 1.81 bits per heavy atom. The van der Waals surface area contributed by atoms with Gasteiger partial charge in [-0.05, 0) is 28.8 Å². The number of carbonyl (C=O) groups excluding carboxylic acids is 1. The highest BCUT2D eigenvalue weighted by Crippen LogP contribution is 2.14. The lowest BCUT2D eigenvalue weighted by Crippen LogP contribution is -2.39. The predicted molar refractivity (Wildman–Crippen MR) is 121 cm³/mol. The molecule has 9 heteroatoms. The second-order valence-corrected chi connectivity index (χ2v) is 9.46. The fourth-order valence-corrected chi connectivity index (χ4v) is 3.85. The average Bonchev–Trinajstić information content (AvgIpc) is 2.71. The summed E-state index contributed by atoms with van der Waals surface area (Å²) in [6.45, 7) is 1.11. The third-order valence-corrected chi connectivity index (χ3v) is 5.41. The van der Waals surface area contributed by atoms with Crippen LogP contribution >= 0.6 is 0 Å². The lowest BCUT2D eigenvalue weighted by Gasteiger charge is -2.18. The topological polar surface area (TPSA) is 90.9 Å². The summed E-state index contributed by atoms with van der Waals surface area (Å²) in [5, 5.41) is 6.09. The number of halogens is 1. The van der Waals surface area contributed by atoms with E-state index < -0.39 is 15.7 Å². The summed E-state index contributed by atoms with van der Waals surface area (Å²) < 4.78 is 36.9. The number of rotatable bonds is 9. The van der Waals surface area contributed by atoms with Crippen LogP contribution in [0.4, 0.5) is 4.39 Å². The predicted octanol–water partition coefficient (Wildman–Crippen LogP) is 2.08. The maximum absolute atomic E-state index is 13.6. The molecule has 0 atom stereocenters. The second-order valence-electron chi connectivity index (χ2n) is 7.32. The molecular formula is C22H29FN4O3S.